The minimum Gasteiger partial charge on any atom is -0.330 e. The molecule has 0 atom stereocenters. The van der Waals surface area contributed by atoms with Crippen molar-refractivity contribution in [2.45, 2.75) is 31.1 Å². The van der Waals surface area contributed by atoms with Crippen molar-refractivity contribution >= 4 is 22.9 Å². The lowest BCUT2D eigenvalue weighted by Crippen LogP contribution is -2.31. The molecular weight excluding hydrogens is 202 g/mol. The fraction of sp³-hybridized carbons (Fsp3) is 0.600. The summed E-state index contributed by atoms with van der Waals surface area (Å²) in [5.74, 6) is 0. The van der Waals surface area contributed by atoms with Crippen molar-refractivity contribution in [3.63, 3.8) is 0 Å². The Morgan fingerprint density at radius 2 is 2.15 bits per heavy atom. The van der Waals surface area contributed by atoms with Gasteiger partial charge in [-0.2, -0.15) is 0 Å². The molecule has 0 aliphatic heterocycles. The minimum absolute atomic E-state index is 0.214. The summed E-state index contributed by atoms with van der Waals surface area (Å²) < 4.78 is 0. The normalized spacial score (nSPS) is 20.8. The molecule has 0 aromatic carbocycles. The van der Waals surface area contributed by atoms with Gasteiger partial charge in [0.1, 0.15) is 0 Å². The highest BCUT2D eigenvalue weighted by Crippen LogP contribution is 2.45. The van der Waals surface area contributed by atoms with Crippen LogP contribution in [0.25, 0.3) is 0 Å². The first-order valence-corrected chi connectivity index (χ1v) is 5.98. The van der Waals surface area contributed by atoms with Crippen molar-refractivity contribution < 1.29 is 0 Å². The first-order valence-electron chi connectivity index (χ1n) is 4.72. The lowest BCUT2D eigenvalue weighted by molar-refractivity contribution is 0.462. The van der Waals surface area contributed by atoms with E-state index in [0.29, 0.717) is 0 Å². The van der Waals surface area contributed by atoms with E-state index in [1.807, 2.05) is 6.07 Å². The molecular formula is C10H14ClNS. The number of hydrogen-bond acceptors (Lipinski definition) is 2. The molecule has 13 heavy (non-hydrogen) atoms. The SMILES string of the molecule is NCC1(c2sccc2Cl)CCCC1. The Morgan fingerprint density at radius 1 is 1.46 bits per heavy atom. The van der Waals surface area contributed by atoms with Crippen LogP contribution in [-0.4, -0.2) is 6.54 Å². The van der Waals surface area contributed by atoms with Crippen LogP contribution in [-0.2, 0) is 5.41 Å². The summed E-state index contributed by atoms with van der Waals surface area (Å²) in [6.07, 6.45) is 5.02. The van der Waals surface area contributed by atoms with E-state index in [-0.39, 0.29) is 5.41 Å². The first kappa shape index (κ1) is 9.50. The van der Waals surface area contributed by atoms with Crippen molar-refractivity contribution in [1.29, 1.82) is 0 Å². The van der Waals surface area contributed by atoms with Gasteiger partial charge in [-0.15, -0.1) is 11.3 Å². The Hall–Kier alpha value is -0.0500. The number of thiophene rings is 1. The van der Waals surface area contributed by atoms with Gasteiger partial charge in [-0.05, 0) is 24.3 Å². The highest BCUT2D eigenvalue weighted by molar-refractivity contribution is 7.10. The van der Waals surface area contributed by atoms with Gasteiger partial charge in [0.05, 0.1) is 5.02 Å². The van der Waals surface area contributed by atoms with E-state index < -0.39 is 0 Å². The molecule has 0 bridgehead atoms. The smallest absolute Gasteiger partial charge is 0.0551 e. The molecule has 1 aliphatic carbocycles. The number of rotatable bonds is 2. The molecule has 1 aliphatic rings. The van der Waals surface area contributed by atoms with Crippen LogP contribution in [0.1, 0.15) is 30.6 Å². The van der Waals surface area contributed by atoms with E-state index in [2.05, 4.69) is 5.38 Å². The fourth-order valence-corrected chi connectivity index (χ4v) is 3.78. The van der Waals surface area contributed by atoms with Crippen LogP contribution in [0.15, 0.2) is 11.4 Å². The van der Waals surface area contributed by atoms with Crippen LogP contribution >= 0.6 is 22.9 Å². The van der Waals surface area contributed by atoms with E-state index >= 15 is 0 Å². The zero-order valence-corrected chi connectivity index (χ0v) is 9.13. The Labute approximate surface area is 87.9 Å². The summed E-state index contributed by atoms with van der Waals surface area (Å²) in [6, 6.07) is 1.98. The topological polar surface area (TPSA) is 26.0 Å². The lowest BCUT2D eigenvalue weighted by atomic mass is 9.85. The van der Waals surface area contributed by atoms with Gasteiger partial charge < -0.3 is 5.73 Å². The lowest BCUT2D eigenvalue weighted by Gasteiger charge is -2.26. The molecule has 72 valence electrons. The zero-order valence-electron chi connectivity index (χ0n) is 7.55. The van der Waals surface area contributed by atoms with Crippen molar-refractivity contribution in [1.82, 2.24) is 0 Å². The summed E-state index contributed by atoms with van der Waals surface area (Å²) in [5, 5.41) is 2.98. The summed E-state index contributed by atoms with van der Waals surface area (Å²) in [7, 11) is 0. The highest BCUT2D eigenvalue weighted by Gasteiger charge is 2.36. The van der Waals surface area contributed by atoms with Gasteiger partial charge in [-0.3, -0.25) is 0 Å². The molecule has 1 aromatic heterocycles. The van der Waals surface area contributed by atoms with Gasteiger partial charge >= 0.3 is 0 Å². The molecule has 1 fully saturated rings. The summed E-state index contributed by atoms with van der Waals surface area (Å²) >= 11 is 7.90. The van der Waals surface area contributed by atoms with Crippen molar-refractivity contribution in [2.75, 3.05) is 6.54 Å². The average molecular weight is 216 g/mol. The fourth-order valence-electron chi connectivity index (χ4n) is 2.25. The molecule has 1 heterocycles. The van der Waals surface area contributed by atoms with Gasteiger partial charge in [0.15, 0.2) is 0 Å². The largest absolute Gasteiger partial charge is 0.330 e. The summed E-state index contributed by atoms with van der Waals surface area (Å²) in [4.78, 5) is 1.31. The Balaban J connectivity index is 2.36. The third-order valence-corrected chi connectivity index (χ3v) is 4.64. The second kappa shape index (κ2) is 3.60. The predicted molar refractivity (Wildman–Crippen MR) is 58.5 cm³/mol. The molecule has 1 nitrogen and oxygen atoms in total. The molecule has 3 heteroatoms. The Bertz CT molecular complexity index is 289. The molecule has 1 aromatic rings. The van der Waals surface area contributed by atoms with E-state index in [4.69, 9.17) is 17.3 Å². The number of hydrogen-bond donors (Lipinski definition) is 1. The van der Waals surface area contributed by atoms with Crippen LogP contribution in [0.3, 0.4) is 0 Å². The van der Waals surface area contributed by atoms with Crippen LogP contribution < -0.4 is 5.73 Å². The van der Waals surface area contributed by atoms with Gasteiger partial charge in [-0.1, -0.05) is 24.4 Å². The Morgan fingerprint density at radius 3 is 2.62 bits per heavy atom. The minimum atomic E-state index is 0.214. The molecule has 2 rings (SSSR count). The molecule has 0 spiro atoms. The molecule has 0 radical (unpaired) electrons. The quantitative estimate of drug-likeness (QED) is 0.806. The second-order valence-corrected chi connectivity index (χ2v) is 5.11. The zero-order chi connectivity index (χ0) is 9.31. The third-order valence-electron chi connectivity index (χ3n) is 3.05. The first-order chi connectivity index (χ1) is 6.28. The summed E-state index contributed by atoms with van der Waals surface area (Å²) in [5.41, 5.74) is 6.09. The average Bonchev–Trinajstić information content (AvgIpc) is 2.73. The molecule has 1 saturated carbocycles. The summed E-state index contributed by atoms with van der Waals surface area (Å²) in [6.45, 7) is 0.743. The van der Waals surface area contributed by atoms with Crippen LogP contribution in [0.5, 0.6) is 0 Å². The molecule has 0 saturated heterocycles. The van der Waals surface area contributed by atoms with Gasteiger partial charge in [0, 0.05) is 16.8 Å². The molecule has 0 amide bonds. The second-order valence-electron chi connectivity index (χ2n) is 3.79. The monoisotopic (exact) mass is 215 g/mol. The van der Waals surface area contributed by atoms with Crippen LogP contribution in [0.2, 0.25) is 5.02 Å². The maximum atomic E-state index is 6.14. The van der Waals surface area contributed by atoms with E-state index in [1.54, 1.807) is 11.3 Å². The van der Waals surface area contributed by atoms with Crippen LogP contribution in [0, 0.1) is 0 Å². The maximum absolute atomic E-state index is 6.14. The van der Waals surface area contributed by atoms with Gasteiger partial charge in [0.2, 0.25) is 0 Å². The van der Waals surface area contributed by atoms with E-state index in [1.165, 1.54) is 30.6 Å². The van der Waals surface area contributed by atoms with Crippen LogP contribution in [0.4, 0.5) is 0 Å². The Kier molecular flexibility index (Phi) is 2.63. The maximum Gasteiger partial charge on any atom is 0.0551 e. The molecule has 2 N–H and O–H groups in total. The number of nitrogens with two attached hydrogens (primary N) is 1. The van der Waals surface area contributed by atoms with Crippen molar-refractivity contribution in [3.05, 3.63) is 21.3 Å². The van der Waals surface area contributed by atoms with Gasteiger partial charge in [0.25, 0.3) is 0 Å². The number of halogens is 1. The molecule has 0 unspecified atom stereocenters. The predicted octanol–water partition coefficient (Wildman–Crippen LogP) is 3.17. The standard InChI is InChI=1S/C10H14ClNS/c11-8-3-6-13-9(8)10(7-12)4-1-2-5-10/h3,6H,1-2,4-5,7,12H2. The van der Waals surface area contributed by atoms with Crippen molar-refractivity contribution in [3.8, 4) is 0 Å². The van der Waals surface area contributed by atoms with E-state index in [9.17, 15) is 0 Å². The highest BCUT2D eigenvalue weighted by atomic mass is 35.5. The van der Waals surface area contributed by atoms with Gasteiger partial charge in [-0.25, -0.2) is 0 Å². The third kappa shape index (κ3) is 1.51. The van der Waals surface area contributed by atoms with E-state index in [0.717, 1.165) is 11.6 Å². The van der Waals surface area contributed by atoms with Crippen molar-refractivity contribution in [2.24, 2.45) is 5.73 Å².